The number of sulfonamides is 1. The Balaban J connectivity index is 1.69. The molecule has 0 radical (unpaired) electrons. The highest BCUT2D eigenvalue weighted by Gasteiger charge is 2.34. The summed E-state index contributed by atoms with van der Waals surface area (Å²) in [6, 6.07) is 20.6. The van der Waals surface area contributed by atoms with E-state index < -0.39 is 28.5 Å². The van der Waals surface area contributed by atoms with Crippen molar-refractivity contribution in [2.24, 2.45) is 0 Å². The van der Waals surface area contributed by atoms with E-state index in [2.05, 4.69) is 5.32 Å². The number of para-hydroxylation sites is 1. The summed E-state index contributed by atoms with van der Waals surface area (Å²) in [6.07, 6.45) is 5.42. The van der Waals surface area contributed by atoms with Crippen molar-refractivity contribution >= 4 is 50.7 Å². The molecule has 1 saturated carbocycles. The molecule has 10 heteroatoms. The maximum absolute atomic E-state index is 14.1. The van der Waals surface area contributed by atoms with Crippen LogP contribution in [0.3, 0.4) is 0 Å². The Morgan fingerprint density at radius 3 is 2.17 bits per heavy atom. The molecule has 4 rings (SSSR count). The van der Waals surface area contributed by atoms with Gasteiger partial charge in [-0.05, 0) is 67.3 Å². The van der Waals surface area contributed by atoms with Crippen molar-refractivity contribution in [3.63, 3.8) is 0 Å². The van der Waals surface area contributed by atoms with Crippen molar-refractivity contribution in [2.45, 2.75) is 69.0 Å². The highest BCUT2D eigenvalue weighted by Crippen LogP contribution is 2.27. The molecule has 7 nitrogen and oxygen atoms in total. The molecule has 1 atom stereocenters. The van der Waals surface area contributed by atoms with Gasteiger partial charge >= 0.3 is 0 Å². The van der Waals surface area contributed by atoms with Crippen molar-refractivity contribution in [1.29, 1.82) is 0 Å². The molecule has 1 aliphatic rings. The zero-order valence-corrected chi connectivity index (χ0v) is 25.3. The molecule has 0 spiro atoms. The molecular weight excluding hydrogens is 581 g/mol. The molecule has 1 fully saturated rings. The average molecular weight is 617 g/mol. The van der Waals surface area contributed by atoms with Crippen LogP contribution in [0.4, 0.5) is 5.69 Å². The second-order valence-electron chi connectivity index (χ2n) is 10.2. The van der Waals surface area contributed by atoms with E-state index in [-0.39, 0.29) is 23.4 Å². The van der Waals surface area contributed by atoms with E-state index >= 15 is 0 Å². The van der Waals surface area contributed by atoms with Gasteiger partial charge in [-0.25, -0.2) is 8.42 Å². The predicted molar refractivity (Wildman–Crippen MR) is 164 cm³/mol. The van der Waals surface area contributed by atoms with Gasteiger partial charge in [0.1, 0.15) is 12.6 Å². The van der Waals surface area contributed by atoms with Gasteiger partial charge in [0.2, 0.25) is 11.8 Å². The van der Waals surface area contributed by atoms with Crippen LogP contribution in [0.15, 0.2) is 83.8 Å². The molecule has 218 valence electrons. The standard InChI is InChI=1S/C31H35Cl2N3O4S/c1-2-29(31(38)34-25-12-5-3-6-13-25)35(21-23-11-9-10-16-28(23)33)30(37)22-36(26-14-7-4-8-15-26)41(39,40)27-19-17-24(32)18-20-27/h4,7-11,14-20,25,29H,2-3,5-6,12-13,21-22H2,1H3,(H,34,38)/t29-/m1/s1. The summed E-state index contributed by atoms with van der Waals surface area (Å²) in [5, 5.41) is 4.00. The quantitative estimate of drug-likeness (QED) is 0.269. The number of rotatable bonds is 11. The van der Waals surface area contributed by atoms with E-state index in [0.717, 1.165) is 36.4 Å². The number of carbonyl (C=O) groups is 2. The lowest BCUT2D eigenvalue weighted by Gasteiger charge is -2.34. The fraction of sp³-hybridized carbons (Fsp3) is 0.355. The monoisotopic (exact) mass is 615 g/mol. The smallest absolute Gasteiger partial charge is 0.264 e. The van der Waals surface area contributed by atoms with E-state index in [0.29, 0.717) is 27.7 Å². The van der Waals surface area contributed by atoms with Crippen LogP contribution in [-0.4, -0.2) is 43.8 Å². The molecule has 0 aromatic heterocycles. The van der Waals surface area contributed by atoms with Crippen LogP contribution in [0.1, 0.15) is 51.0 Å². The van der Waals surface area contributed by atoms with Crippen molar-refractivity contribution in [1.82, 2.24) is 10.2 Å². The number of nitrogens with one attached hydrogen (secondary N) is 1. The van der Waals surface area contributed by atoms with E-state index in [4.69, 9.17) is 23.2 Å². The van der Waals surface area contributed by atoms with Crippen molar-refractivity contribution in [3.05, 3.63) is 94.5 Å². The Morgan fingerprint density at radius 1 is 0.902 bits per heavy atom. The number of halogens is 2. The summed E-state index contributed by atoms with van der Waals surface area (Å²) in [4.78, 5) is 29.2. The van der Waals surface area contributed by atoms with Gasteiger partial charge in [0, 0.05) is 22.6 Å². The zero-order valence-electron chi connectivity index (χ0n) is 23.0. The Bertz CT molecular complexity index is 1430. The third-order valence-corrected chi connectivity index (χ3v) is 9.77. The second kappa shape index (κ2) is 14.2. The minimum absolute atomic E-state index is 0.00158. The molecule has 0 aliphatic heterocycles. The number of hydrogen-bond donors (Lipinski definition) is 1. The molecule has 1 aliphatic carbocycles. The Kier molecular flexibility index (Phi) is 10.7. The normalized spacial score (nSPS) is 14.7. The van der Waals surface area contributed by atoms with Crippen LogP contribution in [-0.2, 0) is 26.2 Å². The minimum Gasteiger partial charge on any atom is -0.352 e. The highest BCUT2D eigenvalue weighted by molar-refractivity contribution is 7.92. The third-order valence-electron chi connectivity index (χ3n) is 7.36. The summed E-state index contributed by atoms with van der Waals surface area (Å²) < 4.78 is 28.8. The van der Waals surface area contributed by atoms with Gasteiger partial charge < -0.3 is 10.2 Å². The lowest BCUT2D eigenvalue weighted by molar-refractivity contribution is -0.140. The predicted octanol–water partition coefficient (Wildman–Crippen LogP) is 6.45. The Hall–Kier alpha value is -3.07. The molecule has 3 aromatic carbocycles. The van der Waals surface area contributed by atoms with Crippen LogP contribution in [0.5, 0.6) is 0 Å². The first-order chi connectivity index (χ1) is 19.7. The van der Waals surface area contributed by atoms with Gasteiger partial charge in [-0.1, -0.05) is 85.8 Å². The number of hydrogen-bond acceptors (Lipinski definition) is 4. The fourth-order valence-corrected chi connectivity index (χ4v) is 6.87. The van der Waals surface area contributed by atoms with Gasteiger partial charge in [-0.15, -0.1) is 0 Å². The first-order valence-corrected chi connectivity index (χ1v) is 16.1. The number of amides is 2. The van der Waals surface area contributed by atoms with Crippen LogP contribution in [0.2, 0.25) is 10.0 Å². The van der Waals surface area contributed by atoms with Crippen LogP contribution < -0.4 is 9.62 Å². The van der Waals surface area contributed by atoms with Crippen molar-refractivity contribution in [3.8, 4) is 0 Å². The van der Waals surface area contributed by atoms with E-state index in [9.17, 15) is 18.0 Å². The maximum atomic E-state index is 14.1. The lowest BCUT2D eigenvalue weighted by atomic mass is 9.95. The first-order valence-electron chi connectivity index (χ1n) is 13.9. The molecule has 0 bridgehead atoms. The van der Waals surface area contributed by atoms with Crippen molar-refractivity contribution in [2.75, 3.05) is 10.8 Å². The SMILES string of the molecule is CC[C@H](C(=O)NC1CCCCC1)N(Cc1ccccc1Cl)C(=O)CN(c1ccccc1)S(=O)(=O)c1ccc(Cl)cc1. The lowest BCUT2D eigenvalue weighted by Crippen LogP contribution is -2.54. The molecular formula is C31H35Cl2N3O4S. The molecule has 2 amide bonds. The van der Waals surface area contributed by atoms with Crippen LogP contribution in [0, 0.1) is 0 Å². The number of nitrogens with zero attached hydrogens (tertiary/aromatic N) is 2. The van der Waals surface area contributed by atoms with Gasteiger partial charge in [-0.3, -0.25) is 13.9 Å². The van der Waals surface area contributed by atoms with Crippen molar-refractivity contribution < 1.29 is 18.0 Å². The summed E-state index contributed by atoms with van der Waals surface area (Å²) in [6.45, 7) is 1.39. The summed E-state index contributed by atoms with van der Waals surface area (Å²) in [7, 11) is -4.16. The largest absolute Gasteiger partial charge is 0.352 e. The number of anilines is 1. The van der Waals surface area contributed by atoms with E-state index in [1.165, 1.54) is 29.2 Å². The summed E-state index contributed by atoms with van der Waals surface area (Å²) in [5.74, 6) is -0.761. The second-order valence-corrected chi connectivity index (χ2v) is 12.9. The Labute approximate surface area is 252 Å². The Morgan fingerprint density at radius 2 is 1.54 bits per heavy atom. The zero-order chi connectivity index (χ0) is 29.4. The summed E-state index contributed by atoms with van der Waals surface area (Å²) >= 11 is 12.5. The summed E-state index contributed by atoms with van der Waals surface area (Å²) in [5.41, 5.74) is 0.992. The minimum atomic E-state index is -4.16. The first kappa shape index (κ1) is 30.9. The van der Waals surface area contributed by atoms with Crippen LogP contribution in [0.25, 0.3) is 0 Å². The average Bonchev–Trinajstić information content (AvgIpc) is 2.97. The topological polar surface area (TPSA) is 86.8 Å². The number of benzene rings is 3. The molecule has 41 heavy (non-hydrogen) atoms. The molecule has 0 heterocycles. The molecule has 0 unspecified atom stereocenters. The molecule has 0 saturated heterocycles. The van der Waals surface area contributed by atoms with Crippen LogP contribution >= 0.6 is 23.2 Å². The molecule has 1 N–H and O–H groups in total. The molecule has 3 aromatic rings. The number of carbonyl (C=O) groups excluding carboxylic acids is 2. The fourth-order valence-electron chi connectivity index (χ4n) is 5.13. The highest BCUT2D eigenvalue weighted by atomic mass is 35.5. The maximum Gasteiger partial charge on any atom is 0.264 e. The van der Waals surface area contributed by atoms with Gasteiger partial charge in [0.25, 0.3) is 10.0 Å². The van der Waals surface area contributed by atoms with Gasteiger partial charge in [0.15, 0.2) is 0 Å². The van der Waals surface area contributed by atoms with E-state index in [1.54, 1.807) is 48.5 Å². The van der Waals surface area contributed by atoms with E-state index in [1.807, 2.05) is 13.0 Å². The van der Waals surface area contributed by atoms with Gasteiger partial charge in [0.05, 0.1) is 10.6 Å². The third kappa shape index (κ3) is 7.82. The van der Waals surface area contributed by atoms with Gasteiger partial charge in [-0.2, -0.15) is 0 Å².